The second kappa shape index (κ2) is 5.05. The number of hydrogen-bond acceptors (Lipinski definition) is 4. The monoisotopic (exact) mass is 266 g/mol. The molecule has 0 bridgehead atoms. The molecule has 2 aromatic rings. The maximum Gasteiger partial charge on any atom is 0.417 e. The van der Waals surface area contributed by atoms with Gasteiger partial charge < -0.3 is 14.5 Å². The lowest BCUT2D eigenvalue weighted by Crippen LogP contribution is -2.24. The molecule has 0 spiro atoms. The normalized spacial score (nSPS) is 19.7. The predicted molar refractivity (Wildman–Crippen MR) is 68.8 cm³/mol. The first-order chi connectivity index (χ1) is 9.22. The second-order valence-corrected chi connectivity index (χ2v) is 4.81. The van der Waals surface area contributed by atoms with Gasteiger partial charge in [-0.15, -0.1) is 0 Å². The van der Waals surface area contributed by atoms with Gasteiger partial charge in [0.25, 0.3) is 0 Å². The molecule has 0 saturated carbocycles. The van der Waals surface area contributed by atoms with Gasteiger partial charge in [-0.1, -0.05) is 0 Å². The molecule has 1 aliphatic rings. The maximum absolute atomic E-state index is 13.8. The molecule has 1 aromatic heterocycles. The Morgan fingerprint density at radius 2 is 2.37 bits per heavy atom. The molecule has 0 unspecified atom stereocenters. The van der Waals surface area contributed by atoms with E-state index in [1.807, 2.05) is 0 Å². The molecule has 6 heteroatoms. The molecule has 2 N–H and O–H groups in total. The molecule has 0 aliphatic carbocycles. The molecule has 3 rings (SSSR count). The highest BCUT2D eigenvalue weighted by Crippen LogP contribution is 2.22. The number of anilines is 1. The van der Waals surface area contributed by atoms with Gasteiger partial charge in [0, 0.05) is 25.3 Å². The molecular formula is C13H15FN2O3. The van der Waals surface area contributed by atoms with Crippen LogP contribution in [0.2, 0.25) is 0 Å². The van der Waals surface area contributed by atoms with Gasteiger partial charge in [0.1, 0.15) is 5.82 Å². The summed E-state index contributed by atoms with van der Waals surface area (Å²) < 4.78 is 24.1. The minimum Gasteiger partial charge on any atom is -0.408 e. The molecule has 0 amide bonds. The Morgan fingerprint density at radius 1 is 1.47 bits per heavy atom. The Hall–Kier alpha value is -1.82. The van der Waals surface area contributed by atoms with Gasteiger partial charge in [0.15, 0.2) is 5.58 Å². The van der Waals surface area contributed by atoms with Crippen LogP contribution < -0.4 is 11.1 Å². The zero-order chi connectivity index (χ0) is 13.2. The molecule has 1 fully saturated rings. The molecule has 1 atom stereocenters. The fourth-order valence-electron chi connectivity index (χ4n) is 2.33. The first-order valence-corrected chi connectivity index (χ1v) is 6.36. The fraction of sp³-hybridized carbons (Fsp3) is 0.462. The van der Waals surface area contributed by atoms with Crippen molar-refractivity contribution in [2.24, 2.45) is 5.92 Å². The summed E-state index contributed by atoms with van der Waals surface area (Å²) in [5.41, 5.74) is 1.07. The van der Waals surface area contributed by atoms with E-state index in [2.05, 4.69) is 10.3 Å². The number of halogens is 1. The average molecular weight is 266 g/mol. The number of oxazole rings is 1. The zero-order valence-corrected chi connectivity index (χ0v) is 10.4. The van der Waals surface area contributed by atoms with Crippen molar-refractivity contribution < 1.29 is 13.5 Å². The van der Waals surface area contributed by atoms with E-state index in [0.29, 0.717) is 35.9 Å². The fourth-order valence-corrected chi connectivity index (χ4v) is 2.33. The van der Waals surface area contributed by atoms with Crippen molar-refractivity contribution >= 4 is 16.8 Å². The van der Waals surface area contributed by atoms with E-state index in [1.54, 1.807) is 0 Å². The Labute approximate surface area is 108 Å². The lowest BCUT2D eigenvalue weighted by Gasteiger charge is -2.22. The van der Waals surface area contributed by atoms with Crippen LogP contribution in [0, 0.1) is 11.7 Å². The standard InChI is InChI=1S/C13H15FN2O3/c14-9-4-11-12(19-13(17)16-11)5-10(9)15-6-8-2-1-3-18-7-8/h4-5,8,15H,1-3,6-7H2,(H,16,17)/t8-/m1/s1. The highest BCUT2D eigenvalue weighted by molar-refractivity contribution is 5.77. The van der Waals surface area contributed by atoms with Crippen molar-refractivity contribution in [1.82, 2.24) is 4.98 Å². The number of H-pyrrole nitrogens is 1. The summed E-state index contributed by atoms with van der Waals surface area (Å²) in [5, 5.41) is 3.05. The number of aromatic amines is 1. The van der Waals surface area contributed by atoms with Crippen LogP contribution in [0.3, 0.4) is 0 Å². The lowest BCUT2D eigenvalue weighted by atomic mass is 10.0. The number of ether oxygens (including phenoxy) is 1. The third-order valence-electron chi connectivity index (χ3n) is 3.34. The molecule has 2 heterocycles. The average Bonchev–Trinajstić information content (AvgIpc) is 2.76. The van der Waals surface area contributed by atoms with E-state index in [-0.39, 0.29) is 0 Å². The molecule has 1 aromatic carbocycles. The number of hydrogen-bond donors (Lipinski definition) is 2. The van der Waals surface area contributed by atoms with Crippen LogP contribution in [-0.2, 0) is 4.74 Å². The minimum atomic E-state index is -0.577. The number of benzene rings is 1. The summed E-state index contributed by atoms with van der Waals surface area (Å²) in [5.74, 6) is -0.587. The van der Waals surface area contributed by atoms with Gasteiger partial charge in [-0.25, -0.2) is 9.18 Å². The first-order valence-electron chi connectivity index (χ1n) is 6.36. The summed E-state index contributed by atoms with van der Waals surface area (Å²) in [6.45, 7) is 2.17. The van der Waals surface area contributed by atoms with E-state index < -0.39 is 11.6 Å². The minimum absolute atomic E-state index is 0.348. The van der Waals surface area contributed by atoms with Crippen molar-refractivity contribution in [3.63, 3.8) is 0 Å². The summed E-state index contributed by atoms with van der Waals surface area (Å²) >= 11 is 0. The third kappa shape index (κ3) is 2.63. The van der Waals surface area contributed by atoms with Crippen LogP contribution in [-0.4, -0.2) is 24.7 Å². The summed E-state index contributed by atoms with van der Waals surface area (Å²) in [4.78, 5) is 13.5. The molecule has 0 radical (unpaired) electrons. The van der Waals surface area contributed by atoms with E-state index in [0.717, 1.165) is 19.4 Å². The summed E-state index contributed by atoms with van der Waals surface area (Å²) in [6.07, 6.45) is 2.12. The number of fused-ring (bicyclic) bond motifs is 1. The summed E-state index contributed by atoms with van der Waals surface area (Å²) in [6, 6.07) is 2.77. The van der Waals surface area contributed by atoms with Gasteiger partial charge in [0.05, 0.1) is 17.8 Å². The smallest absolute Gasteiger partial charge is 0.408 e. The SMILES string of the molecule is O=c1[nH]c2cc(F)c(NC[C@H]3CCCOC3)cc2o1. The van der Waals surface area contributed by atoms with Crippen LogP contribution in [0.25, 0.3) is 11.1 Å². The van der Waals surface area contributed by atoms with E-state index in [9.17, 15) is 9.18 Å². The quantitative estimate of drug-likeness (QED) is 0.892. The molecular weight excluding hydrogens is 251 g/mol. The number of nitrogens with one attached hydrogen (secondary N) is 2. The molecule has 1 aliphatic heterocycles. The Kier molecular flexibility index (Phi) is 3.25. The molecule has 102 valence electrons. The second-order valence-electron chi connectivity index (χ2n) is 4.81. The van der Waals surface area contributed by atoms with Crippen LogP contribution in [0.1, 0.15) is 12.8 Å². The van der Waals surface area contributed by atoms with E-state index in [1.165, 1.54) is 12.1 Å². The highest BCUT2D eigenvalue weighted by Gasteiger charge is 2.15. The van der Waals surface area contributed by atoms with Gasteiger partial charge in [0.2, 0.25) is 0 Å². The van der Waals surface area contributed by atoms with Crippen molar-refractivity contribution in [2.45, 2.75) is 12.8 Å². The van der Waals surface area contributed by atoms with Crippen LogP contribution in [0.15, 0.2) is 21.3 Å². The Morgan fingerprint density at radius 3 is 3.16 bits per heavy atom. The molecule has 5 nitrogen and oxygen atoms in total. The largest absolute Gasteiger partial charge is 0.417 e. The summed E-state index contributed by atoms with van der Waals surface area (Å²) in [7, 11) is 0. The van der Waals surface area contributed by atoms with Crippen molar-refractivity contribution in [2.75, 3.05) is 25.1 Å². The van der Waals surface area contributed by atoms with Crippen molar-refractivity contribution in [1.29, 1.82) is 0 Å². The van der Waals surface area contributed by atoms with E-state index >= 15 is 0 Å². The number of aromatic nitrogens is 1. The van der Waals surface area contributed by atoms with Gasteiger partial charge >= 0.3 is 5.76 Å². The van der Waals surface area contributed by atoms with Crippen molar-refractivity contribution in [3.8, 4) is 0 Å². The van der Waals surface area contributed by atoms with E-state index in [4.69, 9.17) is 9.15 Å². The van der Waals surface area contributed by atoms with Crippen LogP contribution >= 0.6 is 0 Å². The Bertz CT molecular complexity index is 628. The van der Waals surface area contributed by atoms with Crippen LogP contribution in [0.4, 0.5) is 10.1 Å². The van der Waals surface area contributed by atoms with Crippen LogP contribution in [0.5, 0.6) is 0 Å². The predicted octanol–water partition coefficient (Wildman–Crippen LogP) is 2.10. The Balaban J connectivity index is 1.76. The lowest BCUT2D eigenvalue weighted by molar-refractivity contribution is 0.0595. The maximum atomic E-state index is 13.8. The molecule has 19 heavy (non-hydrogen) atoms. The van der Waals surface area contributed by atoms with Crippen molar-refractivity contribution in [3.05, 3.63) is 28.5 Å². The first kappa shape index (κ1) is 12.2. The topological polar surface area (TPSA) is 67.3 Å². The number of rotatable bonds is 3. The van der Waals surface area contributed by atoms with Gasteiger partial charge in [-0.3, -0.25) is 4.98 Å². The molecule has 1 saturated heterocycles. The zero-order valence-electron chi connectivity index (χ0n) is 10.4. The van der Waals surface area contributed by atoms with Gasteiger partial charge in [-0.2, -0.15) is 0 Å². The third-order valence-corrected chi connectivity index (χ3v) is 3.34. The highest BCUT2D eigenvalue weighted by atomic mass is 19.1. The van der Waals surface area contributed by atoms with Gasteiger partial charge in [-0.05, 0) is 18.8 Å².